The second kappa shape index (κ2) is 3.63. The number of benzene rings is 1. The van der Waals surface area contributed by atoms with Gasteiger partial charge in [-0.15, -0.1) is 0 Å². The number of ether oxygens (including phenoxy) is 1. The van der Waals surface area contributed by atoms with Gasteiger partial charge in [0, 0.05) is 5.41 Å². The number of rotatable bonds is 3. The molecular formula is C18H22O3. The number of carbonyl (C=O) groups is 1. The fourth-order valence-corrected chi connectivity index (χ4v) is 5.55. The number of fused-ring (bicyclic) bond motifs is 1. The molecule has 3 nitrogen and oxygen atoms in total. The van der Waals surface area contributed by atoms with E-state index in [9.17, 15) is 9.90 Å². The quantitative estimate of drug-likeness (QED) is 0.860. The Morgan fingerprint density at radius 1 is 1.38 bits per heavy atom. The van der Waals surface area contributed by atoms with Crippen LogP contribution in [0.5, 0.6) is 5.75 Å². The maximum atomic E-state index is 12.4. The zero-order valence-electron chi connectivity index (χ0n) is 12.8. The molecule has 4 rings (SSSR count). The zero-order valence-corrected chi connectivity index (χ0v) is 12.8. The summed E-state index contributed by atoms with van der Waals surface area (Å²) in [6, 6.07) is 6.61. The van der Waals surface area contributed by atoms with E-state index in [4.69, 9.17) is 4.74 Å². The molecular weight excluding hydrogens is 264 g/mol. The first kappa shape index (κ1) is 13.2. The van der Waals surface area contributed by atoms with Crippen molar-refractivity contribution in [2.24, 2.45) is 22.2 Å². The Hall–Kier alpha value is -1.51. The maximum absolute atomic E-state index is 12.4. The highest BCUT2D eigenvalue weighted by molar-refractivity contribution is 5.92. The van der Waals surface area contributed by atoms with E-state index in [0.717, 1.165) is 18.8 Å². The van der Waals surface area contributed by atoms with Gasteiger partial charge < -0.3 is 9.84 Å². The van der Waals surface area contributed by atoms with Crippen molar-refractivity contribution in [3.05, 3.63) is 29.8 Å². The largest absolute Gasteiger partial charge is 0.507 e. The summed E-state index contributed by atoms with van der Waals surface area (Å²) >= 11 is 0. The first-order valence-corrected chi connectivity index (χ1v) is 7.90. The minimum atomic E-state index is -0.391. The first-order chi connectivity index (χ1) is 9.90. The van der Waals surface area contributed by atoms with Gasteiger partial charge in [-0.2, -0.15) is 0 Å². The van der Waals surface area contributed by atoms with E-state index in [1.54, 1.807) is 18.2 Å². The molecule has 0 amide bonds. The number of esters is 1. The van der Waals surface area contributed by atoms with Crippen molar-refractivity contribution in [1.29, 1.82) is 0 Å². The first-order valence-electron chi connectivity index (χ1n) is 7.90. The lowest BCUT2D eigenvalue weighted by atomic mass is 9.76. The number of phenols is 1. The van der Waals surface area contributed by atoms with Gasteiger partial charge in [-0.05, 0) is 48.1 Å². The summed E-state index contributed by atoms with van der Waals surface area (Å²) in [5, 5.41) is 9.80. The molecule has 5 atom stereocenters. The van der Waals surface area contributed by atoms with Crippen molar-refractivity contribution in [1.82, 2.24) is 0 Å². The lowest BCUT2D eigenvalue weighted by molar-refractivity contribution is -0.0174. The monoisotopic (exact) mass is 286 g/mol. The molecule has 0 bridgehead atoms. The van der Waals surface area contributed by atoms with Crippen molar-refractivity contribution >= 4 is 5.97 Å². The third-order valence-electron chi connectivity index (χ3n) is 7.11. The molecule has 3 fully saturated rings. The van der Waals surface area contributed by atoms with Crippen molar-refractivity contribution in [3.63, 3.8) is 0 Å². The van der Waals surface area contributed by atoms with Crippen LogP contribution in [0.4, 0.5) is 0 Å². The van der Waals surface area contributed by atoms with Crippen molar-refractivity contribution in [3.8, 4) is 5.75 Å². The maximum Gasteiger partial charge on any atom is 0.342 e. The van der Waals surface area contributed by atoms with Gasteiger partial charge in [0.2, 0.25) is 0 Å². The summed E-state index contributed by atoms with van der Waals surface area (Å²) < 4.78 is 5.82. The smallest absolute Gasteiger partial charge is 0.342 e. The number of carbonyl (C=O) groups excluding carboxylic acids is 1. The Labute approximate surface area is 125 Å². The highest BCUT2D eigenvalue weighted by Crippen LogP contribution is 3.00. The summed E-state index contributed by atoms with van der Waals surface area (Å²) in [6.07, 6.45) is 3.30. The Bertz CT molecular complexity index is 639. The highest BCUT2D eigenvalue weighted by atomic mass is 16.5. The molecule has 0 radical (unpaired) electrons. The third kappa shape index (κ3) is 1.29. The van der Waals surface area contributed by atoms with Crippen molar-refractivity contribution < 1.29 is 14.6 Å². The summed E-state index contributed by atoms with van der Waals surface area (Å²) in [6.45, 7) is 6.87. The van der Waals surface area contributed by atoms with E-state index < -0.39 is 5.97 Å². The molecule has 112 valence electrons. The Morgan fingerprint density at radius 3 is 2.71 bits per heavy atom. The van der Waals surface area contributed by atoms with Crippen LogP contribution >= 0.6 is 0 Å². The highest BCUT2D eigenvalue weighted by Gasteiger charge is 2.96. The standard InChI is InChI=1S/C18H22O3/c1-4-16(2)14(9-13-17(3)10-18(13,16)17)21-15(20)11-7-5-6-8-12(11)19/h5-8,13-14,19H,4,9-10H2,1-3H3. The van der Waals surface area contributed by atoms with Crippen LogP contribution in [-0.2, 0) is 4.74 Å². The third-order valence-corrected chi connectivity index (χ3v) is 7.11. The summed E-state index contributed by atoms with van der Waals surface area (Å²) in [5.74, 6) is 0.341. The Kier molecular flexibility index (Phi) is 2.28. The normalized spacial score (nSPS) is 45.7. The topological polar surface area (TPSA) is 46.5 Å². The van der Waals surface area contributed by atoms with Crippen LogP contribution in [0, 0.1) is 22.2 Å². The average Bonchev–Trinajstić information content (AvgIpc) is 3.22. The van der Waals surface area contributed by atoms with E-state index >= 15 is 0 Å². The molecule has 21 heavy (non-hydrogen) atoms. The van der Waals surface area contributed by atoms with Crippen LogP contribution in [-0.4, -0.2) is 17.2 Å². The van der Waals surface area contributed by atoms with Gasteiger partial charge in [0.25, 0.3) is 0 Å². The average molecular weight is 286 g/mol. The van der Waals surface area contributed by atoms with Gasteiger partial charge in [-0.3, -0.25) is 0 Å². The molecule has 3 aliphatic carbocycles. The second-order valence-corrected chi connectivity index (χ2v) is 7.54. The number of phenolic OH excluding ortho intramolecular Hbond substituents is 1. The molecule has 0 aliphatic heterocycles. The molecule has 5 unspecified atom stereocenters. The van der Waals surface area contributed by atoms with E-state index in [-0.39, 0.29) is 22.8 Å². The molecule has 0 heterocycles. The zero-order chi connectivity index (χ0) is 15.0. The van der Waals surface area contributed by atoms with E-state index in [1.807, 2.05) is 0 Å². The molecule has 3 saturated carbocycles. The molecule has 1 spiro atoms. The molecule has 1 aromatic carbocycles. The molecule has 0 aromatic heterocycles. The fraction of sp³-hybridized carbons (Fsp3) is 0.611. The minimum Gasteiger partial charge on any atom is -0.507 e. The summed E-state index contributed by atoms with van der Waals surface area (Å²) in [4.78, 5) is 12.4. The van der Waals surface area contributed by atoms with Gasteiger partial charge in [-0.1, -0.05) is 32.9 Å². The van der Waals surface area contributed by atoms with Crippen molar-refractivity contribution in [2.45, 2.75) is 46.1 Å². The van der Waals surface area contributed by atoms with Crippen LogP contribution in [0.25, 0.3) is 0 Å². The van der Waals surface area contributed by atoms with Crippen LogP contribution in [0.3, 0.4) is 0 Å². The molecule has 1 aromatic rings. The Morgan fingerprint density at radius 2 is 2.10 bits per heavy atom. The van der Waals surface area contributed by atoms with Crippen LogP contribution in [0.1, 0.15) is 50.4 Å². The van der Waals surface area contributed by atoms with E-state index in [2.05, 4.69) is 20.8 Å². The summed E-state index contributed by atoms with van der Waals surface area (Å²) in [7, 11) is 0. The van der Waals surface area contributed by atoms with Crippen LogP contribution in [0.2, 0.25) is 0 Å². The number of para-hydroxylation sites is 1. The SMILES string of the molecule is CCC1(C)C(OC(=O)c2ccccc2O)CC2C3(C)CC213. The van der Waals surface area contributed by atoms with Gasteiger partial charge >= 0.3 is 5.97 Å². The number of hydrogen-bond acceptors (Lipinski definition) is 3. The van der Waals surface area contributed by atoms with Crippen LogP contribution in [0.15, 0.2) is 24.3 Å². The predicted octanol–water partition coefficient (Wildman–Crippen LogP) is 3.76. The lowest BCUT2D eigenvalue weighted by Gasteiger charge is -2.34. The molecule has 1 N–H and O–H groups in total. The summed E-state index contributed by atoms with van der Waals surface area (Å²) in [5.41, 5.74) is 1.31. The van der Waals surface area contributed by atoms with Gasteiger partial charge in [0.15, 0.2) is 0 Å². The minimum absolute atomic E-state index is 0.00159. The van der Waals surface area contributed by atoms with Gasteiger partial charge in [0.1, 0.15) is 17.4 Å². The van der Waals surface area contributed by atoms with E-state index in [1.165, 1.54) is 12.5 Å². The fourth-order valence-electron chi connectivity index (χ4n) is 5.55. The van der Waals surface area contributed by atoms with Crippen molar-refractivity contribution in [2.75, 3.05) is 0 Å². The lowest BCUT2D eigenvalue weighted by Crippen LogP contribution is -2.36. The number of hydrogen-bond donors (Lipinski definition) is 1. The Balaban J connectivity index is 1.57. The molecule has 3 aliphatic rings. The molecule has 3 heteroatoms. The van der Waals surface area contributed by atoms with Gasteiger partial charge in [-0.25, -0.2) is 4.79 Å². The predicted molar refractivity (Wildman–Crippen MR) is 79.0 cm³/mol. The van der Waals surface area contributed by atoms with E-state index in [0.29, 0.717) is 10.8 Å². The molecule has 0 saturated heterocycles. The number of aromatic hydroxyl groups is 1. The second-order valence-electron chi connectivity index (χ2n) is 7.54. The van der Waals surface area contributed by atoms with Crippen LogP contribution < -0.4 is 0 Å². The van der Waals surface area contributed by atoms with Gasteiger partial charge in [0.05, 0.1) is 0 Å².